The van der Waals surface area contributed by atoms with Crippen molar-refractivity contribution in [3.05, 3.63) is 34.3 Å². The lowest BCUT2D eigenvalue weighted by atomic mass is 10.1. The van der Waals surface area contributed by atoms with Gasteiger partial charge in [0, 0.05) is 4.47 Å². The minimum absolute atomic E-state index is 0.0431. The van der Waals surface area contributed by atoms with E-state index in [0.717, 1.165) is 10.0 Å². The molecular formula is C12H13BrN2O4. The molecule has 0 saturated carbocycles. The van der Waals surface area contributed by atoms with Gasteiger partial charge in [0.25, 0.3) is 5.91 Å². The molecule has 7 heteroatoms. The highest BCUT2D eigenvalue weighted by Crippen LogP contribution is 2.11. The number of nitrogens with one attached hydrogen (secondary N) is 1. The van der Waals surface area contributed by atoms with Crippen molar-refractivity contribution in [1.29, 1.82) is 0 Å². The van der Waals surface area contributed by atoms with Gasteiger partial charge in [0.2, 0.25) is 0 Å². The van der Waals surface area contributed by atoms with Crippen LogP contribution in [0.25, 0.3) is 0 Å². The number of ether oxygens (including phenoxy) is 1. The van der Waals surface area contributed by atoms with E-state index in [0.29, 0.717) is 0 Å². The summed E-state index contributed by atoms with van der Waals surface area (Å²) < 4.78 is 5.78. The van der Waals surface area contributed by atoms with Gasteiger partial charge in [-0.1, -0.05) is 28.1 Å². The zero-order valence-electron chi connectivity index (χ0n) is 10.2. The van der Waals surface area contributed by atoms with E-state index in [1.165, 1.54) is 6.92 Å². The van der Waals surface area contributed by atoms with Gasteiger partial charge in [-0.15, -0.1) is 0 Å². The van der Waals surface area contributed by atoms with E-state index in [-0.39, 0.29) is 6.42 Å². The van der Waals surface area contributed by atoms with Crippen LogP contribution in [0.4, 0.5) is 4.79 Å². The molecule has 0 aliphatic heterocycles. The number of urea groups is 1. The number of rotatable bonds is 4. The SMILES string of the molecule is CC(OC(=O)Cc1ccc(Br)cc1)C(=O)NC(N)=O. The molecule has 1 atom stereocenters. The van der Waals surface area contributed by atoms with E-state index in [4.69, 9.17) is 10.5 Å². The normalized spacial score (nSPS) is 11.5. The molecule has 102 valence electrons. The van der Waals surface area contributed by atoms with Crippen LogP contribution in [0.1, 0.15) is 12.5 Å². The summed E-state index contributed by atoms with van der Waals surface area (Å²) in [7, 11) is 0. The summed E-state index contributed by atoms with van der Waals surface area (Å²) in [6, 6.07) is 6.14. The van der Waals surface area contributed by atoms with E-state index in [9.17, 15) is 14.4 Å². The first-order valence-corrected chi connectivity index (χ1v) is 6.22. The molecule has 1 aromatic carbocycles. The molecule has 0 saturated heterocycles. The monoisotopic (exact) mass is 328 g/mol. The van der Waals surface area contributed by atoms with Crippen molar-refractivity contribution in [1.82, 2.24) is 5.32 Å². The Kier molecular flexibility index (Phi) is 5.50. The Morgan fingerprint density at radius 2 is 1.89 bits per heavy atom. The molecule has 0 spiro atoms. The lowest BCUT2D eigenvalue weighted by molar-refractivity contribution is -0.153. The lowest BCUT2D eigenvalue weighted by Gasteiger charge is -2.11. The van der Waals surface area contributed by atoms with Crippen molar-refractivity contribution < 1.29 is 19.1 Å². The Morgan fingerprint density at radius 1 is 1.32 bits per heavy atom. The summed E-state index contributed by atoms with van der Waals surface area (Å²) in [5, 5.41) is 1.84. The van der Waals surface area contributed by atoms with Gasteiger partial charge < -0.3 is 10.5 Å². The van der Waals surface area contributed by atoms with Crippen LogP contribution in [0.15, 0.2) is 28.7 Å². The predicted octanol–water partition coefficient (Wildman–Crippen LogP) is 1.12. The lowest BCUT2D eigenvalue weighted by Crippen LogP contribution is -2.42. The van der Waals surface area contributed by atoms with E-state index < -0.39 is 24.0 Å². The summed E-state index contributed by atoms with van der Waals surface area (Å²) in [6.45, 7) is 1.36. The van der Waals surface area contributed by atoms with E-state index in [1.807, 2.05) is 5.32 Å². The second kappa shape index (κ2) is 6.89. The van der Waals surface area contributed by atoms with Crippen molar-refractivity contribution in [2.75, 3.05) is 0 Å². The number of halogens is 1. The highest BCUT2D eigenvalue weighted by molar-refractivity contribution is 9.10. The van der Waals surface area contributed by atoms with Gasteiger partial charge >= 0.3 is 12.0 Å². The van der Waals surface area contributed by atoms with Gasteiger partial charge in [-0.25, -0.2) is 4.79 Å². The first kappa shape index (κ1) is 15.2. The minimum atomic E-state index is -1.07. The molecule has 1 unspecified atom stereocenters. The molecule has 0 radical (unpaired) electrons. The van der Waals surface area contributed by atoms with Gasteiger partial charge in [-0.05, 0) is 24.6 Å². The number of esters is 1. The second-order valence-corrected chi connectivity index (χ2v) is 4.70. The summed E-state index contributed by atoms with van der Waals surface area (Å²) >= 11 is 3.28. The number of hydrogen-bond acceptors (Lipinski definition) is 4. The maximum Gasteiger partial charge on any atom is 0.318 e. The first-order valence-electron chi connectivity index (χ1n) is 5.42. The van der Waals surface area contributed by atoms with Crippen molar-refractivity contribution in [2.24, 2.45) is 5.73 Å². The highest BCUT2D eigenvalue weighted by atomic mass is 79.9. The van der Waals surface area contributed by atoms with Crippen LogP contribution >= 0.6 is 15.9 Å². The zero-order chi connectivity index (χ0) is 14.4. The van der Waals surface area contributed by atoms with Gasteiger partial charge in [0.05, 0.1) is 6.42 Å². The smallest absolute Gasteiger partial charge is 0.318 e. The topological polar surface area (TPSA) is 98.5 Å². The fourth-order valence-corrected chi connectivity index (χ4v) is 1.55. The molecule has 0 aromatic heterocycles. The quantitative estimate of drug-likeness (QED) is 0.809. The van der Waals surface area contributed by atoms with Crippen LogP contribution in [0, 0.1) is 0 Å². The Bertz CT molecular complexity index is 487. The number of amides is 3. The molecule has 0 fully saturated rings. The fraction of sp³-hybridized carbons (Fsp3) is 0.250. The zero-order valence-corrected chi connectivity index (χ0v) is 11.8. The predicted molar refractivity (Wildman–Crippen MR) is 71.1 cm³/mol. The molecule has 6 nitrogen and oxygen atoms in total. The second-order valence-electron chi connectivity index (χ2n) is 3.79. The maximum atomic E-state index is 11.6. The van der Waals surface area contributed by atoms with Crippen molar-refractivity contribution >= 4 is 33.8 Å². The molecule has 19 heavy (non-hydrogen) atoms. The third kappa shape index (κ3) is 5.52. The van der Waals surface area contributed by atoms with E-state index >= 15 is 0 Å². The average Bonchev–Trinajstić information content (AvgIpc) is 2.31. The highest BCUT2D eigenvalue weighted by Gasteiger charge is 2.18. The number of primary amides is 1. The number of nitrogens with two attached hydrogens (primary N) is 1. The van der Waals surface area contributed by atoms with Crippen molar-refractivity contribution in [3.63, 3.8) is 0 Å². The summed E-state index contributed by atoms with van der Waals surface area (Å²) in [6.07, 6.45) is -1.03. The van der Waals surface area contributed by atoms with Crippen LogP contribution in [0.3, 0.4) is 0 Å². The molecule has 3 N–H and O–H groups in total. The molecule has 3 amide bonds. The standard InChI is InChI=1S/C12H13BrN2O4/c1-7(11(17)15-12(14)18)19-10(16)6-8-2-4-9(13)5-3-8/h2-5,7H,6H2,1H3,(H3,14,15,17,18). The molecule has 1 rings (SSSR count). The Morgan fingerprint density at radius 3 is 2.42 bits per heavy atom. The fourth-order valence-electron chi connectivity index (χ4n) is 1.28. The largest absolute Gasteiger partial charge is 0.452 e. The molecule has 0 aliphatic carbocycles. The third-order valence-electron chi connectivity index (χ3n) is 2.19. The number of carbonyl (C=O) groups excluding carboxylic acids is 3. The molecule has 1 aromatic rings. The summed E-state index contributed by atoms with van der Waals surface area (Å²) in [5.74, 6) is -1.31. The number of hydrogen-bond donors (Lipinski definition) is 2. The number of carbonyl (C=O) groups is 3. The average molecular weight is 329 g/mol. The van der Waals surface area contributed by atoms with Gasteiger partial charge in [-0.3, -0.25) is 14.9 Å². The Labute approximate surface area is 118 Å². The van der Waals surface area contributed by atoms with Crippen LogP contribution in [-0.4, -0.2) is 24.0 Å². The van der Waals surface area contributed by atoms with Gasteiger partial charge in [0.1, 0.15) is 0 Å². The van der Waals surface area contributed by atoms with Crippen LogP contribution in [-0.2, 0) is 20.7 Å². The summed E-state index contributed by atoms with van der Waals surface area (Å²) in [5.41, 5.74) is 5.54. The molecular weight excluding hydrogens is 316 g/mol. The van der Waals surface area contributed by atoms with Gasteiger partial charge in [0.15, 0.2) is 6.10 Å². The van der Waals surface area contributed by atoms with Crippen LogP contribution in [0.2, 0.25) is 0 Å². The van der Waals surface area contributed by atoms with Crippen molar-refractivity contribution in [2.45, 2.75) is 19.4 Å². The number of benzene rings is 1. The van der Waals surface area contributed by atoms with E-state index in [1.54, 1.807) is 24.3 Å². The minimum Gasteiger partial charge on any atom is -0.452 e. The van der Waals surface area contributed by atoms with E-state index in [2.05, 4.69) is 15.9 Å². The third-order valence-corrected chi connectivity index (χ3v) is 2.71. The Balaban J connectivity index is 2.48. The van der Waals surface area contributed by atoms with Gasteiger partial charge in [-0.2, -0.15) is 0 Å². The van der Waals surface area contributed by atoms with Crippen LogP contribution < -0.4 is 11.1 Å². The summed E-state index contributed by atoms with van der Waals surface area (Å²) in [4.78, 5) is 33.3. The molecule has 0 aliphatic rings. The maximum absolute atomic E-state index is 11.6. The number of imide groups is 1. The Hall–Kier alpha value is -1.89. The van der Waals surface area contributed by atoms with Crippen molar-refractivity contribution in [3.8, 4) is 0 Å². The first-order chi connectivity index (χ1) is 8.88. The molecule has 0 heterocycles. The van der Waals surface area contributed by atoms with Crippen LogP contribution in [0.5, 0.6) is 0 Å². The molecule has 0 bridgehead atoms.